The Morgan fingerprint density at radius 2 is 1.89 bits per heavy atom. The molecule has 0 aliphatic carbocycles. The zero-order valence-corrected chi connectivity index (χ0v) is 16.1. The van der Waals surface area contributed by atoms with Gasteiger partial charge in [-0.25, -0.2) is 4.90 Å². The highest BCUT2D eigenvalue weighted by Crippen LogP contribution is 2.37. The second-order valence-electron chi connectivity index (χ2n) is 7.05. The van der Waals surface area contributed by atoms with Gasteiger partial charge in [0.15, 0.2) is 0 Å². The maximum Gasteiger partial charge on any atom is 0.251 e. The van der Waals surface area contributed by atoms with Crippen molar-refractivity contribution in [2.45, 2.75) is 32.4 Å². The Balaban J connectivity index is 1.63. The number of anilines is 1. The molecule has 1 saturated heterocycles. The summed E-state index contributed by atoms with van der Waals surface area (Å²) in [6.45, 7) is 3.30. The van der Waals surface area contributed by atoms with Crippen LogP contribution in [0.25, 0.3) is 0 Å². The Kier molecular flexibility index (Phi) is 4.66. The first-order valence-corrected chi connectivity index (χ1v) is 9.39. The fourth-order valence-electron chi connectivity index (χ4n) is 3.92. The highest BCUT2D eigenvalue weighted by molar-refractivity contribution is 6.32. The van der Waals surface area contributed by atoms with E-state index in [-0.39, 0.29) is 18.2 Å². The number of ether oxygens (including phenoxy) is 1. The maximum atomic E-state index is 13.2. The van der Waals surface area contributed by atoms with Gasteiger partial charge in [-0.15, -0.1) is 0 Å². The molecule has 0 saturated carbocycles. The third-order valence-electron chi connectivity index (χ3n) is 5.42. The molecule has 2 aromatic carbocycles. The van der Waals surface area contributed by atoms with Crippen molar-refractivity contribution in [2.24, 2.45) is 0 Å². The number of amides is 2. The van der Waals surface area contributed by atoms with Crippen molar-refractivity contribution in [3.63, 3.8) is 0 Å². The minimum atomic E-state index is -0.438. The molecule has 0 N–H and O–H groups in total. The first-order chi connectivity index (χ1) is 13.0. The van der Waals surface area contributed by atoms with E-state index in [9.17, 15) is 9.59 Å². The molecule has 4 rings (SSSR count). The van der Waals surface area contributed by atoms with E-state index in [0.717, 1.165) is 18.5 Å². The number of nitrogens with zero attached hydrogens (tertiary/aromatic N) is 2. The Bertz CT molecular complexity index is 928. The second-order valence-corrected chi connectivity index (χ2v) is 7.46. The number of methoxy groups -OCH3 is 1. The molecule has 5 nitrogen and oxygen atoms in total. The summed E-state index contributed by atoms with van der Waals surface area (Å²) in [5.74, 6) is 0.0280. The number of carbonyl (C=O) groups excluding carboxylic acids is 2. The molecule has 1 atom stereocenters. The van der Waals surface area contributed by atoms with Gasteiger partial charge in [0.25, 0.3) is 5.91 Å². The molecule has 1 fully saturated rings. The molecule has 0 aromatic heterocycles. The fourth-order valence-corrected chi connectivity index (χ4v) is 4.08. The summed E-state index contributed by atoms with van der Waals surface area (Å²) in [5.41, 5.74) is 3.80. The van der Waals surface area contributed by atoms with Crippen LogP contribution in [-0.2, 0) is 22.6 Å². The monoisotopic (exact) mass is 384 g/mol. The molecule has 2 heterocycles. The molecule has 0 radical (unpaired) electrons. The Morgan fingerprint density at radius 1 is 1.15 bits per heavy atom. The Hall–Kier alpha value is -2.37. The zero-order chi connectivity index (χ0) is 19.1. The van der Waals surface area contributed by atoms with Crippen molar-refractivity contribution in [2.75, 3.05) is 18.6 Å². The van der Waals surface area contributed by atoms with Gasteiger partial charge in [0, 0.05) is 24.2 Å². The molecule has 2 amide bonds. The topological polar surface area (TPSA) is 49.9 Å². The molecule has 140 valence electrons. The first-order valence-electron chi connectivity index (χ1n) is 9.01. The molecular formula is C21H21ClN2O3. The van der Waals surface area contributed by atoms with Crippen LogP contribution in [0.1, 0.15) is 23.1 Å². The van der Waals surface area contributed by atoms with Gasteiger partial charge >= 0.3 is 0 Å². The lowest BCUT2D eigenvalue weighted by molar-refractivity contribution is -0.123. The van der Waals surface area contributed by atoms with Crippen LogP contribution in [0.5, 0.6) is 5.75 Å². The minimum absolute atomic E-state index is 0.186. The van der Waals surface area contributed by atoms with Crippen LogP contribution in [0.4, 0.5) is 5.69 Å². The van der Waals surface area contributed by atoms with Crippen molar-refractivity contribution >= 4 is 29.1 Å². The number of hydrogen-bond acceptors (Lipinski definition) is 4. The average Bonchev–Trinajstić information content (AvgIpc) is 2.97. The zero-order valence-electron chi connectivity index (χ0n) is 15.4. The van der Waals surface area contributed by atoms with Crippen LogP contribution in [0, 0.1) is 6.92 Å². The molecule has 27 heavy (non-hydrogen) atoms. The molecule has 0 spiro atoms. The molecule has 0 unspecified atom stereocenters. The van der Waals surface area contributed by atoms with E-state index in [1.54, 1.807) is 12.1 Å². The van der Waals surface area contributed by atoms with Gasteiger partial charge in [0.1, 0.15) is 5.75 Å². The SMILES string of the molecule is COc1cc(Cl)c(C)cc1N1C(=O)C[C@@H](N2CCc3ccccc3C2)C1=O. The highest BCUT2D eigenvalue weighted by Gasteiger charge is 2.44. The average molecular weight is 385 g/mol. The van der Waals surface area contributed by atoms with Crippen LogP contribution in [-0.4, -0.2) is 36.4 Å². The third kappa shape index (κ3) is 3.11. The van der Waals surface area contributed by atoms with E-state index in [1.807, 2.05) is 19.1 Å². The number of imide groups is 1. The maximum absolute atomic E-state index is 13.2. The minimum Gasteiger partial charge on any atom is -0.495 e. The molecule has 2 aliphatic rings. The predicted octanol–water partition coefficient (Wildman–Crippen LogP) is 3.35. The van der Waals surface area contributed by atoms with Crippen LogP contribution in [0.3, 0.4) is 0 Å². The van der Waals surface area contributed by atoms with Gasteiger partial charge in [-0.2, -0.15) is 0 Å². The van der Waals surface area contributed by atoms with E-state index < -0.39 is 6.04 Å². The van der Waals surface area contributed by atoms with E-state index >= 15 is 0 Å². The van der Waals surface area contributed by atoms with Gasteiger partial charge in [0.05, 0.1) is 25.3 Å². The number of rotatable bonds is 3. The largest absolute Gasteiger partial charge is 0.495 e. The van der Waals surface area contributed by atoms with Crippen LogP contribution >= 0.6 is 11.6 Å². The lowest BCUT2D eigenvalue weighted by Gasteiger charge is -2.32. The van der Waals surface area contributed by atoms with Crippen molar-refractivity contribution < 1.29 is 14.3 Å². The Morgan fingerprint density at radius 3 is 2.63 bits per heavy atom. The van der Waals surface area contributed by atoms with Gasteiger partial charge in [-0.05, 0) is 36.1 Å². The number of halogens is 1. The first kappa shape index (κ1) is 18.0. The number of aryl methyl sites for hydroxylation is 1. The van der Waals surface area contributed by atoms with Gasteiger partial charge in [-0.3, -0.25) is 14.5 Å². The highest BCUT2D eigenvalue weighted by atomic mass is 35.5. The quantitative estimate of drug-likeness (QED) is 0.761. The van der Waals surface area contributed by atoms with Crippen molar-refractivity contribution in [3.05, 3.63) is 58.1 Å². The normalized spacial score (nSPS) is 20.1. The summed E-state index contributed by atoms with van der Waals surface area (Å²) >= 11 is 6.17. The fraction of sp³-hybridized carbons (Fsp3) is 0.333. The van der Waals surface area contributed by atoms with Gasteiger partial charge < -0.3 is 4.74 Å². The third-order valence-corrected chi connectivity index (χ3v) is 5.83. The summed E-state index contributed by atoms with van der Waals surface area (Å²) in [7, 11) is 1.51. The number of hydrogen-bond donors (Lipinski definition) is 0. The number of carbonyl (C=O) groups is 2. The lowest BCUT2D eigenvalue weighted by Crippen LogP contribution is -2.44. The van der Waals surface area contributed by atoms with Crippen LogP contribution in [0.2, 0.25) is 5.02 Å². The van der Waals surface area contributed by atoms with Gasteiger partial charge in [0.2, 0.25) is 5.91 Å². The van der Waals surface area contributed by atoms with E-state index in [1.165, 1.54) is 23.1 Å². The van der Waals surface area contributed by atoms with Crippen LogP contribution in [0.15, 0.2) is 36.4 Å². The van der Waals surface area contributed by atoms with Gasteiger partial charge in [-0.1, -0.05) is 35.9 Å². The van der Waals surface area contributed by atoms with E-state index in [4.69, 9.17) is 16.3 Å². The van der Waals surface area contributed by atoms with Crippen molar-refractivity contribution in [1.29, 1.82) is 0 Å². The Labute approximate surface area is 163 Å². The predicted molar refractivity (Wildman–Crippen MR) is 104 cm³/mol. The standard InChI is InChI=1S/C21H21ClN2O3/c1-13-9-17(19(27-2)10-16(13)22)24-20(25)11-18(21(24)26)23-8-7-14-5-3-4-6-15(14)12-23/h3-6,9-10,18H,7-8,11-12H2,1-2H3/t18-/m1/s1. The number of fused-ring (bicyclic) bond motifs is 1. The summed E-state index contributed by atoms with van der Waals surface area (Å²) in [4.78, 5) is 29.3. The van der Waals surface area contributed by atoms with Crippen molar-refractivity contribution in [1.82, 2.24) is 4.90 Å². The molecule has 2 aliphatic heterocycles. The smallest absolute Gasteiger partial charge is 0.251 e. The van der Waals surface area contributed by atoms with Crippen LogP contribution < -0.4 is 9.64 Å². The summed E-state index contributed by atoms with van der Waals surface area (Å²) in [6, 6.07) is 11.2. The second kappa shape index (κ2) is 6.98. The van der Waals surface area contributed by atoms with E-state index in [2.05, 4.69) is 17.0 Å². The summed E-state index contributed by atoms with van der Waals surface area (Å²) in [5, 5.41) is 0.541. The molecular weight excluding hydrogens is 364 g/mol. The summed E-state index contributed by atoms with van der Waals surface area (Å²) in [6.07, 6.45) is 1.07. The van der Waals surface area contributed by atoms with E-state index in [0.29, 0.717) is 23.0 Å². The molecule has 6 heteroatoms. The summed E-state index contributed by atoms with van der Waals surface area (Å²) < 4.78 is 5.37. The lowest BCUT2D eigenvalue weighted by atomic mass is 9.98. The number of benzene rings is 2. The molecule has 0 bridgehead atoms. The van der Waals surface area contributed by atoms with Crippen molar-refractivity contribution in [3.8, 4) is 5.75 Å². The molecule has 2 aromatic rings.